The minimum absolute atomic E-state index is 0.237. The second-order valence-electron chi connectivity index (χ2n) is 4.19. The molecular formula is C14H13ClF2N2. The van der Waals surface area contributed by atoms with Crippen LogP contribution < -0.4 is 11.3 Å². The Morgan fingerprint density at radius 3 is 2.58 bits per heavy atom. The molecule has 2 aromatic rings. The summed E-state index contributed by atoms with van der Waals surface area (Å²) in [6, 6.07) is 10.8. The van der Waals surface area contributed by atoms with Crippen molar-refractivity contribution in [2.24, 2.45) is 5.84 Å². The number of nitrogens with one attached hydrogen (secondary N) is 1. The van der Waals surface area contributed by atoms with Crippen LogP contribution in [0.1, 0.15) is 17.2 Å². The van der Waals surface area contributed by atoms with Gasteiger partial charge in [-0.3, -0.25) is 11.3 Å². The third-order valence-corrected chi connectivity index (χ3v) is 3.14. The van der Waals surface area contributed by atoms with Gasteiger partial charge in [0.1, 0.15) is 0 Å². The van der Waals surface area contributed by atoms with Crippen LogP contribution in [-0.4, -0.2) is 0 Å². The van der Waals surface area contributed by atoms with Crippen LogP contribution in [0.15, 0.2) is 42.5 Å². The van der Waals surface area contributed by atoms with Gasteiger partial charge in [-0.2, -0.15) is 0 Å². The lowest BCUT2D eigenvalue weighted by atomic mass is 9.99. The van der Waals surface area contributed by atoms with Crippen molar-refractivity contribution in [1.29, 1.82) is 0 Å². The summed E-state index contributed by atoms with van der Waals surface area (Å²) in [5.74, 6) is 3.78. The zero-order valence-electron chi connectivity index (χ0n) is 10.0. The van der Waals surface area contributed by atoms with Gasteiger partial charge < -0.3 is 0 Å². The molecule has 0 aromatic heterocycles. The van der Waals surface area contributed by atoms with Crippen LogP contribution in [-0.2, 0) is 6.42 Å². The molecule has 100 valence electrons. The molecule has 0 amide bonds. The minimum Gasteiger partial charge on any atom is -0.271 e. The summed E-state index contributed by atoms with van der Waals surface area (Å²) < 4.78 is 26.8. The standard InChI is InChI=1S/C14H13ClF2N2/c15-11-5-1-3-9(7-11)13(19-18)8-10-4-2-6-12(16)14(10)17/h1-7,13,19H,8,18H2. The largest absolute Gasteiger partial charge is 0.271 e. The van der Waals surface area contributed by atoms with Crippen molar-refractivity contribution < 1.29 is 8.78 Å². The van der Waals surface area contributed by atoms with Crippen LogP contribution in [0.5, 0.6) is 0 Å². The van der Waals surface area contributed by atoms with Crippen molar-refractivity contribution in [2.45, 2.75) is 12.5 Å². The molecule has 2 aromatic carbocycles. The fourth-order valence-electron chi connectivity index (χ4n) is 1.92. The lowest BCUT2D eigenvalue weighted by Gasteiger charge is -2.17. The maximum Gasteiger partial charge on any atom is 0.162 e. The van der Waals surface area contributed by atoms with E-state index in [-0.39, 0.29) is 18.0 Å². The highest BCUT2D eigenvalue weighted by Gasteiger charge is 2.15. The van der Waals surface area contributed by atoms with Gasteiger partial charge in [-0.05, 0) is 35.7 Å². The van der Waals surface area contributed by atoms with Gasteiger partial charge in [0, 0.05) is 5.02 Å². The van der Waals surface area contributed by atoms with E-state index < -0.39 is 11.6 Å². The van der Waals surface area contributed by atoms with Gasteiger partial charge >= 0.3 is 0 Å². The topological polar surface area (TPSA) is 38.0 Å². The molecule has 0 aliphatic heterocycles. The van der Waals surface area contributed by atoms with E-state index in [2.05, 4.69) is 5.43 Å². The summed E-state index contributed by atoms with van der Waals surface area (Å²) >= 11 is 5.90. The molecule has 0 aliphatic rings. The van der Waals surface area contributed by atoms with Crippen molar-refractivity contribution in [2.75, 3.05) is 0 Å². The number of rotatable bonds is 4. The summed E-state index contributed by atoms with van der Waals surface area (Å²) in [6.45, 7) is 0. The van der Waals surface area contributed by atoms with E-state index in [1.165, 1.54) is 12.1 Å². The molecule has 0 bridgehead atoms. The lowest BCUT2D eigenvalue weighted by Crippen LogP contribution is -2.29. The van der Waals surface area contributed by atoms with Gasteiger partial charge in [0.15, 0.2) is 11.6 Å². The first kappa shape index (κ1) is 13.9. The molecule has 2 rings (SSSR count). The molecule has 1 unspecified atom stereocenters. The van der Waals surface area contributed by atoms with Gasteiger partial charge in [-0.25, -0.2) is 8.78 Å². The number of hydrazine groups is 1. The molecular weight excluding hydrogens is 270 g/mol. The fourth-order valence-corrected chi connectivity index (χ4v) is 2.12. The van der Waals surface area contributed by atoms with Crippen LogP contribution in [0.4, 0.5) is 8.78 Å². The maximum absolute atomic E-state index is 13.6. The van der Waals surface area contributed by atoms with Gasteiger partial charge in [0.05, 0.1) is 6.04 Å². The number of benzene rings is 2. The normalized spacial score (nSPS) is 12.4. The van der Waals surface area contributed by atoms with E-state index in [0.717, 1.165) is 11.6 Å². The Morgan fingerprint density at radius 1 is 1.16 bits per heavy atom. The summed E-state index contributed by atoms with van der Waals surface area (Å²) in [7, 11) is 0. The van der Waals surface area contributed by atoms with Crippen molar-refractivity contribution in [3.05, 3.63) is 70.2 Å². The first-order valence-corrected chi connectivity index (χ1v) is 6.14. The lowest BCUT2D eigenvalue weighted by molar-refractivity contribution is 0.481. The minimum atomic E-state index is -0.862. The fraction of sp³-hybridized carbons (Fsp3) is 0.143. The second-order valence-corrected chi connectivity index (χ2v) is 4.63. The molecule has 5 heteroatoms. The Kier molecular flexibility index (Phi) is 4.47. The molecule has 19 heavy (non-hydrogen) atoms. The molecule has 3 N–H and O–H groups in total. The van der Waals surface area contributed by atoms with E-state index in [4.69, 9.17) is 17.4 Å². The molecule has 1 atom stereocenters. The number of nitrogens with two attached hydrogens (primary N) is 1. The van der Waals surface area contributed by atoms with E-state index in [9.17, 15) is 8.78 Å². The highest BCUT2D eigenvalue weighted by molar-refractivity contribution is 6.30. The molecule has 2 nitrogen and oxygen atoms in total. The number of hydrogen-bond acceptors (Lipinski definition) is 2. The second kappa shape index (κ2) is 6.10. The number of halogens is 3. The van der Waals surface area contributed by atoms with Gasteiger partial charge in [0.2, 0.25) is 0 Å². The predicted octanol–water partition coefficient (Wildman–Crippen LogP) is 3.37. The average molecular weight is 283 g/mol. The average Bonchev–Trinajstić information content (AvgIpc) is 2.40. The third-order valence-electron chi connectivity index (χ3n) is 2.91. The highest BCUT2D eigenvalue weighted by atomic mass is 35.5. The molecule has 0 fully saturated rings. The van der Waals surface area contributed by atoms with Crippen LogP contribution in [0.2, 0.25) is 5.02 Å². The van der Waals surface area contributed by atoms with E-state index >= 15 is 0 Å². The van der Waals surface area contributed by atoms with Crippen molar-refractivity contribution in [1.82, 2.24) is 5.43 Å². The van der Waals surface area contributed by atoms with Crippen LogP contribution in [0, 0.1) is 11.6 Å². The maximum atomic E-state index is 13.6. The molecule has 0 aliphatic carbocycles. The zero-order chi connectivity index (χ0) is 13.8. The Morgan fingerprint density at radius 2 is 1.89 bits per heavy atom. The summed E-state index contributed by atoms with van der Waals surface area (Å²) in [5.41, 5.74) is 3.68. The van der Waals surface area contributed by atoms with Crippen molar-refractivity contribution >= 4 is 11.6 Å². The molecule has 0 saturated heterocycles. The first-order valence-electron chi connectivity index (χ1n) is 5.76. The van der Waals surface area contributed by atoms with E-state index in [1.807, 2.05) is 6.07 Å². The van der Waals surface area contributed by atoms with E-state index in [1.54, 1.807) is 18.2 Å². The predicted molar refractivity (Wildman–Crippen MR) is 71.6 cm³/mol. The molecule has 0 heterocycles. The SMILES string of the molecule is NNC(Cc1cccc(F)c1F)c1cccc(Cl)c1. The van der Waals surface area contributed by atoms with Gasteiger partial charge in [-0.15, -0.1) is 0 Å². The summed E-state index contributed by atoms with van der Waals surface area (Å²) in [5, 5.41) is 0.567. The van der Waals surface area contributed by atoms with Crippen molar-refractivity contribution in [3.8, 4) is 0 Å². The highest BCUT2D eigenvalue weighted by Crippen LogP contribution is 2.23. The van der Waals surface area contributed by atoms with Crippen LogP contribution in [0.3, 0.4) is 0 Å². The monoisotopic (exact) mass is 282 g/mol. The molecule has 0 spiro atoms. The smallest absolute Gasteiger partial charge is 0.162 e. The van der Waals surface area contributed by atoms with Gasteiger partial charge in [0.25, 0.3) is 0 Å². The van der Waals surface area contributed by atoms with Gasteiger partial charge in [-0.1, -0.05) is 35.9 Å². The van der Waals surface area contributed by atoms with E-state index in [0.29, 0.717) is 5.02 Å². The van der Waals surface area contributed by atoms with Crippen LogP contribution in [0.25, 0.3) is 0 Å². The number of hydrogen-bond donors (Lipinski definition) is 2. The molecule has 0 radical (unpaired) electrons. The quantitative estimate of drug-likeness (QED) is 0.666. The zero-order valence-corrected chi connectivity index (χ0v) is 10.8. The molecule has 0 saturated carbocycles. The Hall–Kier alpha value is -1.49. The third kappa shape index (κ3) is 3.29. The Labute approximate surface area is 115 Å². The Bertz CT molecular complexity index is 575. The van der Waals surface area contributed by atoms with Crippen molar-refractivity contribution in [3.63, 3.8) is 0 Å². The first-order chi connectivity index (χ1) is 9.11. The Balaban J connectivity index is 2.26. The summed E-state index contributed by atoms with van der Waals surface area (Å²) in [6.07, 6.45) is 0.237. The summed E-state index contributed by atoms with van der Waals surface area (Å²) in [4.78, 5) is 0. The van der Waals surface area contributed by atoms with Crippen LogP contribution >= 0.6 is 11.6 Å².